The minimum atomic E-state index is 0.726. The first-order valence-corrected chi connectivity index (χ1v) is 6.88. The molecule has 0 unspecified atom stereocenters. The van der Waals surface area contributed by atoms with E-state index in [1.54, 1.807) is 7.11 Å². The third-order valence-electron chi connectivity index (χ3n) is 3.42. The number of ether oxygens (including phenoxy) is 1. The summed E-state index contributed by atoms with van der Waals surface area (Å²) in [6.45, 7) is 6.02. The van der Waals surface area contributed by atoms with Gasteiger partial charge in [-0.3, -0.25) is 0 Å². The number of nitrogens with two attached hydrogens (primary N) is 1. The Balaban J connectivity index is 2.26. The average molecular weight is 270 g/mol. The van der Waals surface area contributed by atoms with Crippen LogP contribution in [0.5, 0.6) is 5.75 Å². The van der Waals surface area contributed by atoms with Gasteiger partial charge in [-0.25, -0.2) is 0 Å². The first-order valence-electron chi connectivity index (χ1n) is 6.88. The average Bonchev–Trinajstić information content (AvgIpc) is 2.45. The molecule has 3 nitrogen and oxygen atoms in total. The van der Waals surface area contributed by atoms with Crippen LogP contribution in [0.25, 0.3) is 0 Å². The van der Waals surface area contributed by atoms with Gasteiger partial charge in [0.1, 0.15) is 5.75 Å². The predicted octanol–water partition coefficient (Wildman–Crippen LogP) is 3.61. The Labute approximate surface area is 121 Å². The SMILES string of the molecule is CCN(Cc1ccc(N)cc1OC)c1cccc(C)c1. The molecule has 0 amide bonds. The smallest absolute Gasteiger partial charge is 0.125 e. The lowest BCUT2D eigenvalue weighted by Gasteiger charge is -2.24. The summed E-state index contributed by atoms with van der Waals surface area (Å²) >= 11 is 0. The van der Waals surface area contributed by atoms with Gasteiger partial charge in [-0.05, 0) is 37.6 Å². The predicted molar refractivity (Wildman–Crippen MR) is 85.3 cm³/mol. The molecule has 2 N–H and O–H groups in total. The van der Waals surface area contributed by atoms with Crippen LogP contribution in [0, 0.1) is 6.92 Å². The number of nitrogens with zero attached hydrogens (tertiary/aromatic N) is 1. The van der Waals surface area contributed by atoms with Crippen molar-refractivity contribution in [3.8, 4) is 5.75 Å². The van der Waals surface area contributed by atoms with Gasteiger partial charge in [-0.15, -0.1) is 0 Å². The molecule has 0 heterocycles. The molecule has 0 fully saturated rings. The molecule has 3 heteroatoms. The standard InChI is InChI=1S/C17H22N2O/c1-4-19(16-7-5-6-13(2)10-16)12-14-8-9-15(18)11-17(14)20-3/h5-11H,4,12,18H2,1-3H3. The molecule has 0 atom stereocenters. The van der Waals surface area contributed by atoms with Crippen molar-refractivity contribution in [1.29, 1.82) is 0 Å². The number of aryl methyl sites for hydroxylation is 1. The van der Waals surface area contributed by atoms with Gasteiger partial charge in [0.15, 0.2) is 0 Å². The molecule has 0 spiro atoms. The summed E-state index contributed by atoms with van der Waals surface area (Å²) in [5.41, 5.74) is 10.2. The van der Waals surface area contributed by atoms with Crippen LogP contribution in [0.15, 0.2) is 42.5 Å². The Morgan fingerprint density at radius 3 is 2.60 bits per heavy atom. The maximum atomic E-state index is 5.80. The molecule has 2 rings (SSSR count). The summed E-state index contributed by atoms with van der Waals surface area (Å²) < 4.78 is 5.42. The summed E-state index contributed by atoms with van der Waals surface area (Å²) in [6, 6.07) is 14.4. The van der Waals surface area contributed by atoms with Gasteiger partial charge in [-0.2, -0.15) is 0 Å². The van der Waals surface area contributed by atoms with E-state index in [9.17, 15) is 0 Å². The van der Waals surface area contributed by atoms with Crippen molar-refractivity contribution >= 4 is 11.4 Å². The zero-order valence-electron chi connectivity index (χ0n) is 12.4. The fourth-order valence-electron chi connectivity index (χ4n) is 2.31. The highest BCUT2D eigenvalue weighted by atomic mass is 16.5. The number of hydrogen-bond acceptors (Lipinski definition) is 3. The van der Waals surface area contributed by atoms with Gasteiger partial charge in [0.05, 0.1) is 7.11 Å². The number of rotatable bonds is 5. The molecule has 0 bridgehead atoms. The van der Waals surface area contributed by atoms with Crippen LogP contribution in [0.2, 0.25) is 0 Å². The van der Waals surface area contributed by atoms with E-state index < -0.39 is 0 Å². The Bertz CT molecular complexity index is 581. The summed E-state index contributed by atoms with van der Waals surface area (Å²) in [5.74, 6) is 0.844. The van der Waals surface area contributed by atoms with Gasteiger partial charge in [0, 0.05) is 36.1 Å². The maximum absolute atomic E-state index is 5.80. The number of methoxy groups -OCH3 is 1. The van der Waals surface area contributed by atoms with Crippen LogP contribution < -0.4 is 15.4 Å². The molecule has 0 aliphatic heterocycles. The van der Waals surface area contributed by atoms with Gasteiger partial charge in [0.2, 0.25) is 0 Å². The van der Waals surface area contributed by atoms with E-state index in [0.29, 0.717) is 0 Å². The van der Waals surface area contributed by atoms with Crippen LogP contribution >= 0.6 is 0 Å². The molecule has 2 aromatic carbocycles. The topological polar surface area (TPSA) is 38.5 Å². The third kappa shape index (κ3) is 3.23. The van der Waals surface area contributed by atoms with Gasteiger partial charge >= 0.3 is 0 Å². The molecule has 106 valence electrons. The fourth-order valence-corrected chi connectivity index (χ4v) is 2.31. The normalized spacial score (nSPS) is 10.3. The zero-order chi connectivity index (χ0) is 14.5. The van der Waals surface area contributed by atoms with Gasteiger partial charge < -0.3 is 15.4 Å². The highest BCUT2D eigenvalue weighted by molar-refractivity contribution is 5.53. The fraction of sp³-hybridized carbons (Fsp3) is 0.294. The molecule has 2 aromatic rings. The second kappa shape index (κ2) is 6.33. The molecular formula is C17H22N2O. The van der Waals surface area contributed by atoms with Crippen molar-refractivity contribution in [3.63, 3.8) is 0 Å². The summed E-state index contributed by atoms with van der Waals surface area (Å²) in [6.07, 6.45) is 0. The van der Waals surface area contributed by atoms with Crippen molar-refractivity contribution < 1.29 is 4.74 Å². The van der Waals surface area contributed by atoms with Crippen molar-refractivity contribution in [3.05, 3.63) is 53.6 Å². The van der Waals surface area contributed by atoms with Gasteiger partial charge in [0.25, 0.3) is 0 Å². The molecular weight excluding hydrogens is 248 g/mol. The van der Waals surface area contributed by atoms with E-state index in [-0.39, 0.29) is 0 Å². The van der Waals surface area contributed by atoms with E-state index in [2.05, 4.69) is 43.0 Å². The molecule has 20 heavy (non-hydrogen) atoms. The van der Waals surface area contributed by atoms with Crippen molar-refractivity contribution in [2.45, 2.75) is 20.4 Å². The van der Waals surface area contributed by atoms with Crippen molar-refractivity contribution in [1.82, 2.24) is 0 Å². The lowest BCUT2D eigenvalue weighted by atomic mass is 10.1. The van der Waals surface area contributed by atoms with E-state index in [0.717, 1.165) is 30.1 Å². The summed E-state index contributed by atoms with van der Waals surface area (Å²) in [5, 5.41) is 0. The number of nitrogen functional groups attached to an aromatic ring is 1. The molecule has 0 saturated heterocycles. The quantitative estimate of drug-likeness (QED) is 0.843. The lowest BCUT2D eigenvalue weighted by molar-refractivity contribution is 0.409. The molecule has 0 saturated carbocycles. The highest BCUT2D eigenvalue weighted by Crippen LogP contribution is 2.25. The van der Waals surface area contributed by atoms with Crippen LogP contribution in [0.3, 0.4) is 0 Å². The minimum absolute atomic E-state index is 0.726. The van der Waals surface area contributed by atoms with Crippen LogP contribution in [0.1, 0.15) is 18.1 Å². The Morgan fingerprint density at radius 2 is 1.95 bits per heavy atom. The first kappa shape index (κ1) is 14.3. The highest BCUT2D eigenvalue weighted by Gasteiger charge is 2.09. The maximum Gasteiger partial charge on any atom is 0.125 e. The third-order valence-corrected chi connectivity index (χ3v) is 3.42. The Morgan fingerprint density at radius 1 is 1.15 bits per heavy atom. The Kier molecular flexibility index (Phi) is 4.51. The van der Waals surface area contributed by atoms with E-state index in [4.69, 9.17) is 10.5 Å². The summed E-state index contributed by atoms with van der Waals surface area (Å²) in [4.78, 5) is 2.32. The summed E-state index contributed by atoms with van der Waals surface area (Å²) in [7, 11) is 1.68. The molecule has 0 aliphatic carbocycles. The lowest BCUT2D eigenvalue weighted by Crippen LogP contribution is -2.22. The van der Waals surface area contributed by atoms with Crippen molar-refractivity contribution in [2.24, 2.45) is 0 Å². The van der Waals surface area contributed by atoms with E-state index in [1.807, 2.05) is 18.2 Å². The largest absolute Gasteiger partial charge is 0.496 e. The molecule has 0 aliphatic rings. The zero-order valence-corrected chi connectivity index (χ0v) is 12.4. The van der Waals surface area contributed by atoms with Crippen LogP contribution in [0.4, 0.5) is 11.4 Å². The molecule has 0 aromatic heterocycles. The molecule has 0 radical (unpaired) electrons. The number of hydrogen-bond donors (Lipinski definition) is 1. The van der Waals surface area contributed by atoms with E-state index in [1.165, 1.54) is 11.3 Å². The first-order chi connectivity index (χ1) is 9.63. The number of anilines is 2. The second-order valence-electron chi connectivity index (χ2n) is 4.92. The van der Waals surface area contributed by atoms with Crippen LogP contribution in [-0.2, 0) is 6.54 Å². The monoisotopic (exact) mass is 270 g/mol. The van der Waals surface area contributed by atoms with Crippen LogP contribution in [-0.4, -0.2) is 13.7 Å². The Hall–Kier alpha value is -2.16. The minimum Gasteiger partial charge on any atom is -0.496 e. The van der Waals surface area contributed by atoms with Crippen molar-refractivity contribution in [2.75, 3.05) is 24.3 Å². The second-order valence-corrected chi connectivity index (χ2v) is 4.92. The van der Waals surface area contributed by atoms with Gasteiger partial charge in [-0.1, -0.05) is 18.2 Å². The van der Waals surface area contributed by atoms with E-state index >= 15 is 0 Å². The number of benzene rings is 2.